The van der Waals surface area contributed by atoms with Gasteiger partial charge in [-0.25, -0.2) is 8.78 Å². The molecule has 1 heterocycles. The summed E-state index contributed by atoms with van der Waals surface area (Å²) in [4.78, 5) is 32.1. The summed E-state index contributed by atoms with van der Waals surface area (Å²) in [6, 6.07) is 5.14. The number of carbonyl (C=O) groups excluding carboxylic acids is 2. The number of Topliss-reactive ketones (excluding diaryl/α,β-unsaturated/α-hetero) is 1. The minimum Gasteiger partial charge on any atom is -0.390 e. The second-order valence-electron chi connectivity index (χ2n) is 12.2. The first-order valence-corrected chi connectivity index (χ1v) is 14.1. The van der Waals surface area contributed by atoms with E-state index in [9.17, 15) is 19.8 Å². The molecule has 1 aliphatic heterocycles. The highest BCUT2D eigenvalue weighted by molar-refractivity contribution is 6.35. The number of ketones is 2. The molecule has 0 radical (unpaired) electrons. The summed E-state index contributed by atoms with van der Waals surface area (Å²) in [6.07, 6.45) is 0.650. The number of fused-ring (bicyclic) bond motifs is 7. The average Bonchev–Trinajstić information content (AvgIpc) is 3.36. The van der Waals surface area contributed by atoms with Crippen LogP contribution in [0, 0.1) is 28.6 Å². The average molecular weight is 582 g/mol. The van der Waals surface area contributed by atoms with Crippen LogP contribution in [0.3, 0.4) is 0 Å². The topological polar surface area (TPSA) is 87.1 Å². The summed E-state index contributed by atoms with van der Waals surface area (Å²) in [5, 5.41) is 24.1. The van der Waals surface area contributed by atoms with Gasteiger partial charge >= 0.3 is 0 Å². The van der Waals surface area contributed by atoms with Crippen LogP contribution in [0.2, 0.25) is 10.0 Å². The van der Waals surface area contributed by atoms with Crippen molar-refractivity contribution in [1.82, 2.24) is 5.06 Å². The van der Waals surface area contributed by atoms with Crippen molar-refractivity contribution >= 4 is 34.8 Å². The van der Waals surface area contributed by atoms with Crippen LogP contribution in [0.5, 0.6) is 0 Å². The normalized spacial score (nSPS) is 44.9. The summed E-state index contributed by atoms with van der Waals surface area (Å²) < 4.78 is 33.1. The molecule has 0 spiro atoms. The van der Waals surface area contributed by atoms with Crippen molar-refractivity contribution in [2.45, 2.75) is 63.2 Å². The minimum atomic E-state index is -2.25. The highest BCUT2D eigenvalue weighted by Crippen LogP contribution is 2.72. The highest BCUT2D eigenvalue weighted by atomic mass is 35.5. The molecule has 0 aromatic heterocycles. The molecule has 2 N–H and O–H groups in total. The Morgan fingerprint density at radius 3 is 2.56 bits per heavy atom. The number of carbonyl (C=O) groups is 2. The number of hydrogen-bond donors (Lipinski definition) is 2. The van der Waals surface area contributed by atoms with E-state index in [4.69, 9.17) is 28.0 Å². The predicted molar refractivity (Wildman–Crippen MR) is 140 cm³/mol. The van der Waals surface area contributed by atoms with E-state index in [1.807, 2.05) is 0 Å². The molecular weight excluding hydrogens is 551 g/mol. The van der Waals surface area contributed by atoms with Gasteiger partial charge in [-0.2, -0.15) is 5.06 Å². The maximum absolute atomic E-state index is 17.4. The van der Waals surface area contributed by atoms with Crippen molar-refractivity contribution < 1.29 is 33.4 Å². The van der Waals surface area contributed by atoms with Gasteiger partial charge in [0.1, 0.15) is 12.8 Å². The molecule has 210 valence electrons. The van der Waals surface area contributed by atoms with Gasteiger partial charge in [-0.1, -0.05) is 42.3 Å². The molecule has 0 amide bonds. The molecule has 3 saturated carbocycles. The van der Waals surface area contributed by atoms with Gasteiger partial charge in [0.05, 0.1) is 12.6 Å². The Labute approximate surface area is 235 Å². The highest BCUT2D eigenvalue weighted by Gasteiger charge is 2.79. The first-order chi connectivity index (χ1) is 18.3. The van der Waals surface area contributed by atoms with Gasteiger partial charge in [0.2, 0.25) is 0 Å². The van der Waals surface area contributed by atoms with Crippen LogP contribution in [0.4, 0.5) is 8.78 Å². The van der Waals surface area contributed by atoms with Crippen molar-refractivity contribution in [3.8, 4) is 0 Å². The molecule has 10 heteroatoms. The molecule has 5 aliphatic rings. The van der Waals surface area contributed by atoms with Crippen LogP contribution in [0.25, 0.3) is 0 Å². The number of allylic oxidation sites excluding steroid dienone is 4. The van der Waals surface area contributed by atoms with E-state index in [0.29, 0.717) is 22.0 Å². The third-order valence-corrected chi connectivity index (χ3v) is 11.3. The fraction of sp³-hybridized carbons (Fsp3) is 0.586. The van der Waals surface area contributed by atoms with Crippen molar-refractivity contribution in [1.29, 1.82) is 0 Å². The number of benzene rings is 1. The standard InChI is InChI=1S/C29H31Cl2F2NO5/c1-26-7-6-16(36)9-20(26)23(32)10-19-18-8-15-12-34(13-17-21(30)4-3-5-22(17)31)39-29(15,25(38)14-35)27(18,2)11-24(37)28(19,26)33/h3-7,9,15,18-19,23-24,35,37H,8,10-14H2,1-2H3/t15-,18-,19-,23-,24-,26-,27-,28-,29-/m0/s1. The van der Waals surface area contributed by atoms with Gasteiger partial charge in [0, 0.05) is 44.8 Å². The summed E-state index contributed by atoms with van der Waals surface area (Å²) >= 11 is 12.8. The van der Waals surface area contributed by atoms with Crippen molar-refractivity contribution in [2.24, 2.45) is 28.6 Å². The number of hydrogen-bond acceptors (Lipinski definition) is 6. The van der Waals surface area contributed by atoms with E-state index in [2.05, 4.69) is 0 Å². The van der Waals surface area contributed by atoms with Crippen molar-refractivity contribution in [2.75, 3.05) is 13.2 Å². The summed E-state index contributed by atoms with van der Waals surface area (Å²) in [7, 11) is 0. The smallest absolute Gasteiger partial charge is 0.192 e. The molecule has 1 saturated heterocycles. The lowest BCUT2D eigenvalue weighted by molar-refractivity contribution is -0.269. The molecule has 6 nitrogen and oxygen atoms in total. The van der Waals surface area contributed by atoms with Gasteiger partial charge in [-0.15, -0.1) is 0 Å². The van der Waals surface area contributed by atoms with Crippen LogP contribution < -0.4 is 0 Å². The van der Waals surface area contributed by atoms with Gasteiger partial charge in [-0.05, 0) is 62.0 Å². The number of nitrogens with zero attached hydrogens (tertiary/aromatic N) is 1. The lowest BCUT2D eigenvalue weighted by atomic mass is 9.44. The first-order valence-electron chi connectivity index (χ1n) is 13.3. The largest absolute Gasteiger partial charge is 0.390 e. The lowest BCUT2D eigenvalue weighted by Gasteiger charge is -2.63. The zero-order valence-electron chi connectivity index (χ0n) is 21.7. The van der Waals surface area contributed by atoms with Gasteiger partial charge < -0.3 is 10.2 Å². The van der Waals surface area contributed by atoms with Crippen LogP contribution in [0.1, 0.15) is 38.7 Å². The minimum absolute atomic E-state index is 0.0507. The van der Waals surface area contributed by atoms with Crippen molar-refractivity contribution in [3.63, 3.8) is 0 Å². The third-order valence-electron chi connectivity index (χ3n) is 10.6. The van der Waals surface area contributed by atoms with Crippen LogP contribution in [0.15, 0.2) is 42.0 Å². The number of halogens is 4. The molecule has 6 rings (SSSR count). The van der Waals surface area contributed by atoms with E-state index < -0.39 is 70.3 Å². The zero-order chi connectivity index (χ0) is 28.1. The second kappa shape index (κ2) is 8.91. The summed E-state index contributed by atoms with van der Waals surface area (Å²) in [5.41, 5.74) is -5.72. The Bertz CT molecular complexity index is 1300. The Hall–Kier alpha value is -1.68. The SMILES string of the molecule is C[C@]12C=CC(=O)C=C1[C@@H](F)C[C@H]1[C@@H]3C[C@H]4CN(Cc5c(Cl)cccc5Cl)O[C@@]4(C(=O)CO)[C@@]3(C)C[C@H](O)[C@@]12F. The maximum atomic E-state index is 17.4. The Balaban J connectivity index is 1.40. The number of aliphatic hydroxyl groups is 2. The summed E-state index contributed by atoms with van der Waals surface area (Å²) in [5.74, 6) is -2.84. The van der Waals surface area contributed by atoms with E-state index >= 15 is 8.78 Å². The van der Waals surface area contributed by atoms with E-state index in [1.165, 1.54) is 12.2 Å². The Kier molecular flexibility index (Phi) is 6.28. The molecule has 1 aromatic carbocycles. The van der Waals surface area contributed by atoms with E-state index in [1.54, 1.807) is 37.1 Å². The van der Waals surface area contributed by atoms with Gasteiger partial charge in [0.15, 0.2) is 22.8 Å². The Morgan fingerprint density at radius 2 is 1.90 bits per heavy atom. The van der Waals surface area contributed by atoms with E-state index in [0.717, 1.165) is 6.08 Å². The van der Waals surface area contributed by atoms with E-state index in [-0.39, 0.29) is 31.5 Å². The zero-order valence-corrected chi connectivity index (χ0v) is 23.2. The van der Waals surface area contributed by atoms with Crippen LogP contribution >= 0.6 is 23.2 Å². The molecule has 4 fully saturated rings. The van der Waals surface area contributed by atoms with Crippen LogP contribution in [-0.2, 0) is 21.0 Å². The molecular formula is C29H31Cl2F2NO5. The molecule has 9 atom stereocenters. The second-order valence-corrected chi connectivity index (χ2v) is 13.0. The van der Waals surface area contributed by atoms with Crippen molar-refractivity contribution in [3.05, 3.63) is 57.6 Å². The lowest BCUT2D eigenvalue weighted by Crippen LogP contribution is -2.70. The quantitative estimate of drug-likeness (QED) is 0.541. The number of rotatable bonds is 4. The van der Waals surface area contributed by atoms with Gasteiger partial charge in [0.25, 0.3) is 0 Å². The molecule has 4 aliphatic carbocycles. The third kappa shape index (κ3) is 3.39. The number of hydroxylamine groups is 2. The monoisotopic (exact) mass is 581 g/mol. The molecule has 1 aromatic rings. The molecule has 39 heavy (non-hydrogen) atoms. The Morgan fingerprint density at radius 1 is 1.21 bits per heavy atom. The summed E-state index contributed by atoms with van der Waals surface area (Å²) in [6.45, 7) is 3.02. The fourth-order valence-electron chi connectivity index (χ4n) is 8.89. The molecule has 0 unspecified atom stereocenters. The predicted octanol–water partition coefficient (Wildman–Crippen LogP) is 4.59. The van der Waals surface area contributed by atoms with Gasteiger partial charge in [-0.3, -0.25) is 14.4 Å². The molecule has 0 bridgehead atoms. The number of alkyl halides is 2. The number of aliphatic hydroxyl groups excluding tert-OH is 2. The maximum Gasteiger partial charge on any atom is 0.192 e. The van der Waals surface area contributed by atoms with Crippen LogP contribution in [-0.4, -0.2) is 63.5 Å². The fourth-order valence-corrected chi connectivity index (χ4v) is 9.41. The first kappa shape index (κ1) is 27.5.